The van der Waals surface area contributed by atoms with E-state index in [4.69, 9.17) is 15.2 Å². The van der Waals surface area contributed by atoms with Crippen LogP contribution in [0.2, 0.25) is 0 Å². The molecule has 0 aliphatic rings. The highest BCUT2D eigenvalue weighted by atomic mass is 16.5. The first-order valence-electron chi connectivity index (χ1n) is 13.7. The molecule has 0 saturated heterocycles. The molecule has 2 heterocycles. The highest BCUT2D eigenvalue weighted by Gasteiger charge is 2.29. The Labute approximate surface area is 247 Å². The van der Waals surface area contributed by atoms with E-state index in [0.717, 1.165) is 5.56 Å². The number of carbonyl (C=O) groups is 3. The van der Waals surface area contributed by atoms with Crippen molar-refractivity contribution in [2.45, 2.75) is 79.3 Å². The molecule has 0 bridgehead atoms. The molecule has 3 rings (SSSR count). The second-order valence-electron chi connectivity index (χ2n) is 10.8. The molecule has 230 valence electrons. The van der Waals surface area contributed by atoms with Crippen LogP contribution in [0.3, 0.4) is 0 Å². The monoisotopic (exact) mass is 583 g/mol. The van der Waals surface area contributed by atoms with Gasteiger partial charge in [-0.3, -0.25) is 14.0 Å². The van der Waals surface area contributed by atoms with Crippen molar-refractivity contribution in [1.82, 2.24) is 30.5 Å². The summed E-state index contributed by atoms with van der Waals surface area (Å²) in [7, 11) is 0. The summed E-state index contributed by atoms with van der Waals surface area (Å²) in [5, 5.41) is 16.9. The third-order valence-electron chi connectivity index (χ3n) is 6.15. The summed E-state index contributed by atoms with van der Waals surface area (Å²) >= 11 is 0. The summed E-state index contributed by atoms with van der Waals surface area (Å²) in [5.74, 6) is -0.0771. The maximum atomic E-state index is 12.9. The number of nitrogens with one attached hydrogen (secondary N) is 3. The zero-order valence-electron chi connectivity index (χ0n) is 24.3. The quantitative estimate of drug-likeness (QED) is 0.225. The lowest BCUT2D eigenvalue weighted by atomic mass is 10.0. The number of nitrogens with two attached hydrogens (primary N) is 1. The van der Waals surface area contributed by atoms with Crippen LogP contribution in [-0.4, -0.2) is 57.2 Å². The van der Waals surface area contributed by atoms with Crippen molar-refractivity contribution in [3.05, 3.63) is 65.6 Å². The van der Waals surface area contributed by atoms with Crippen molar-refractivity contribution < 1.29 is 23.9 Å². The highest BCUT2D eigenvalue weighted by molar-refractivity contribution is 5.86. The van der Waals surface area contributed by atoms with E-state index in [2.05, 4.69) is 26.1 Å². The SMILES string of the molecule is C.CCNC(=O)[C@@H](CC(C)C)NC(=O)OCc1cccc2nnc([C@@H](COCc3ccccc3)NC(=O)C(C)(C)N)n12. The average molecular weight is 584 g/mol. The summed E-state index contributed by atoms with van der Waals surface area (Å²) in [4.78, 5) is 38.0. The van der Waals surface area contributed by atoms with Crippen LogP contribution in [0, 0.1) is 5.92 Å². The number of benzene rings is 1. The molecule has 12 nitrogen and oxygen atoms in total. The molecule has 0 spiro atoms. The number of hydrogen-bond donors (Lipinski definition) is 4. The number of pyridine rings is 1. The standard InChI is InChI=1S/C29H41N7O5.CH4/c1-6-31-26(37)22(15-19(2)3)33-28(39)41-17-21-13-10-14-24-34-35-25(36(21)24)23(32-27(38)29(4,5)30)18-40-16-20-11-8-7-9-12-20;/h7-14,19,22-23H,6,15-18,30H2,1-5H3,(H,31,37)(H,32,38)(H,33,39);1H4/t22-,23-;/m1./s1. The Kier molecular flexibility index (Phi) is 12.9. The molecule has 0 aliphatic carbocycles. The predicted molar refractivity (Wildman–Crippen MR) is 160 cm³/mol. The number of amides is 3. The van der Waals surface area contributed by atoms with Gasteiger partial charge in [-0.05, 0) is 50.8 Å². The number of nitrogens with zero attached hydrogens (tertiary/aromatic N) is 3. The Hall–Kier alpha value is -4.03. The summed E-state index contributed by atoms with van der Waals surface area (Å²) in [6.45, 7) is 9.72. The molecule has 12 heteroatoms. The molecule has 2 aromatic heterocycles. The van der Waals surface area contributed by atoms with E-state index in [1.807, 2.05) is 51.1 Å². The van der Waals surface area contributed by atoms with Gasteiger partial charge in [0.15, 0.2) is 11.5 Å². The van der Waals surface area contributed by atoms with Crippen molar-refractivity contribution in [2.75, 3.05) is 13.2 Å². The number of rotatable bonds is 14. The van der Waals surface area contributed by atoms with Crippen LogP contribution in [0.5, 0.6) is 0 Å². The van der Waals surface area contributed by atoms with E-state index in [1.54, 1.807) is 36.4 Å². The third-order valence-corrected chi connectivity index (χ3v) is 6.15. The Bertz CT molecular complexity index is 1300. The second-order valence-corrected chi connectivity index (χ2v) is 10.8. The highest BCUT2D eigenvalue weighted by Crippen LogP contribution is 2.19. The van der Waals surface area contributed by atoms with Gasteiger partial charge in [-0.1, -0.05) is 57.7 Å². The lowest BCUT2D eigenvalue weighted by molar-refractivity contribution is -0.126. The van der Waals surface area contributed by atoms with E-state index in [-0.39, 0.29) is 32.5 Å². The van der Waals surface area contributed by atoms with Gasteiger partial charge in [-0.25, -0.2) is 4.79 Å². The number of fused-ring (bicyclic) bond motifs is 1. The molecule has 0 radical (unpaired) electrons. The molecule has 3 amide bonds. The van der Waals surface area contributed by atoms with Crippen molar-refractivity contribution in [1.29, 1.82) is 0 Å². The minimum absolute atomic E-state index is 0. The number of hydrogen-bond acceptors (Lipinski definition) is 8. The Morgan fingerprint density at radius 1 is 1.00 bits per heavy atom. The average Bonchev–Trinajstić information content (AvgIpc) is 3.35. The van der Waals surface area contributed by atoms with Crippen LogP contribution in [0.25, 0.3) is 5.65 Å². The Morgan fingerprint density at radius 2 is 1.71 bits per heavy atom. The summed E-state index contributed by atoms with van der Waals surface area (Å²) in [6, 6.07) is 13.5. The molecule has 0 fully saturated rings. The molecule has 0 aliphatic heterocycles. The lowest BCUT2D eigenvalue weighted by Gasteiger charge is -2.24. The summed E-state index contributed by atoms with van der Waals surface area (Å²) in [5.41, 5.74) is 6.94. The molecule has 0 unspecified atom stereocenters. The van der Waals surface area contributed by atoms with E-state index in [1.165, 1.54) is 0 Å². The topological polar surface area (TPSA) is 162 Å². The van der Waals surface area contributed by atoms with Crippen LogP contribution in [0.15, 0.2) is 48.5 Å². The molecular weight excluding hydrogens is 538 g/mol. The smallest absolute Gasteiger partial charge is 0.408 e. The zero-order valence-corrected chi connectivity index (χ0v) is 24.3. The van der Waals surface area contributed by atoms with E-state index >= 15 is 0 Å². The fourth-order valence-corrected chi connectivity index (χ4v) is 4.09. The zero-order chi connectivity index (χ0) is 30.0. The lowest BCUT2D eigenvalue weighted by Crippen LogP contribution is -2.51. The first kappa shape index (κ1) is 34.2. The number of likely N-dealkylation sites (N-methyl/N-ethyl adjacent to an activating group) is 1. The van der Waals surface area contributed by atoms with Gasteiger partial charge in [-0.15, -0.1) is 10.2 Å². The molecule has 3 aromatic rings. The first-order chi connectivity index (χ1) is 19.5. The molecule has 0 saturated carbocycles. The Balaban J connectivity index is 0.00000616. The normalized spacial score (nSPS) is 12.7. The number of ether oxygens (including phenoxy) is 2. The third kappa shape index (κ3) is 9.81. The number of aromatic nitrogens is 3. The fraction of sp³-hybridized carbons (Fsp3) is 0.500. The van der Waals surface area contributed by atoms with Crippen molar-refractivity contribution in [3.63, 3.8) is 0 Å². The number of alkyl carbamates (subject to hydrolysis) is 1. The molecular formula is C30H45N7O5. The van der Waals surface area contributed by atoms with Gasteiger partial charge in [0.2, 0.25) is 11.8 Å². The molecule has 42 heavy (non-hydrogen) atoms. The molecule has 5 N–H and O–H groups in total. The van der Waals surface area contributed by atoms with Gasteiger partial charge in [0.05, 0.1) is 24.4 Å². The summed E-state index contributed by atoms with van der Waals surface area (Å²) < 4.78 is 13.2. The minimum atomic E-state index is -1.14. The van der Waals surface area contributed by atoms with Crippen LogP contribution in [-0.2, 0) is 32.3 Å². The fourth-order valence-electron chi connectivity index (χ4n) is 4.09. The second kappa shape index (κ2) is 15.8. The van der Waals surface area contributed by atoms with Crippen LogP contribution >= 0.6 is 0 Å². The molecule has 1 aromatic carbocycles. The maximum Gasteiger partial charge on any atom is 0.408 e. The van der Waals surface area contributed by atoms with E-state index in [9.17, 15) is 14.4 Å². The van der Waals surface area contributed by atoms with Crippen molar-refractivity contribution in [3.8, 4) is 0 Å². The summed E-state index contributed by atoms with van der Waals surface area (Å²) in [6.07, 6.45) is -0.261. The first-order valence-corrected chi connectivity index (χ1v) is 13.7. The van der Waals surface area contributed by atoms with Gasteiger partial charge in [-0.2, -0.15) is 0 Å². The van der Waals surface area contributed by atoms with E-state index in [0.29, 0.717) is 36.7 Å². The van der Waals surface area contributed by atoms with Crippen molar-refractivity contribution in [2.24, 2.45) is 11.7 Å². The van der Waals surface area contributed by atoms with Crippen molar-refractivity contribution >= 4 is 23.6 Å². The van der Waals surface area contributed by atoms with Gasteiger partial charge in [0.1, 0.15) is 18.7 Å². The predicted octanol–water partition coefficient (Wildman–Crippen LogP) is 3.25. The maximum absolute atomic E-state index is 12.9. The number of carbonyl (C=O) groups excluding carboxylic acids is 3. The van der Waals surface area contributed by atoms with Crippen LogP contribution in [0.4, 0.5) is 4.79 Å². The van der Waals surface area contributed by atoms with Crippen LogP contribution in [0.1, 0.15) is 71.6 Å². The van der Waals surface area contributed by atoms with Gasteiger partial charge < -0.3 is 31.2 Å². The van der Waals surface area contributed by atoms with Gasteiger partial charge >= 0.3 is 6.09 Å². The van der Waals surface area contributed by atoms with Crippen LogP contribution < -0.4 is 21.7 Å². The van der Waals surface area contributed by atoms with E-state index < -0.39 is 29.6 Å². The Morgan fingerprint density at radius 3 is 2.36 bits per heavy atom. The largest absolute Gasteiger partial charge is 0.443 e. The molecule has 2 atom stereocenters. The minimum Gasteiger partial charge on any atom is -0.443 e. The van der Waals surface area contributed by atoms with Gasteiger partial charge in [0, 0.05) is 6.54 Å². The van der Waals surface area contributed by atoms with Gasteiger partial charge in [0.25, 0.3) is 0 Å².